The second-order valence-electron chi connectivity index (χ2n) is 3.42. The third-order valence-electron chi connectivity index (χ3n) is 2.26. The van der Waals surface area contributed by atoms with Crippen molar-refractivity contribution in [2.45, 2.75) is 6.92 Å². The van der Waals surface area contributed by atoms with E-state index in [1.165, 1.54) is 0 Å². The molecule has 0 radical (unpaired) electrons. The molecule has 0 amide bonds. The summed E-state index contributed by atoms with van der Waals surface area (Å²) in [6.07, 6.45) is 1.72. The lowest BCUT2D eigenvalue weighted by molar-refractivity contribution is 0.398. The van der Waals surface area contributed by atoms with Gasteiger partial charge in [0.25, 0.3) is 0 Å². The zero-order chi connectivity index (χ0) is 12.1. The molecule has 2 aromatic heterocycles. The van der Waals surface area contributed by atoms with Gasteiger partial charge >= 0.3 is 0 Å². The highest BCUT2D eigenvalue weighted by molar-refractivity contribution is 5.58. The molecule has 2 rings (SSSR count). The van der Waals surface area contributed by atoms with E-state index < -0.39 is 0 Å². The number of ether oxygens (including phenoxy) is 1. The SMILES string of the molecule is CCNc1ccc(-c2ccc(OC)nc2)nn1. The predicted molar refractivity (Wildman–Crippen MR) is 66.0 cm³/mol. The van der Waals surface area contributed by atoms with Crippen LogP contribution >= 0.6 is 0 Å². The van der Waals surface area contributed by atoms with Crippen molar-refractivity contribution < 1.29 is 4.74 Å². The highest BCUT2D eigenvalue weighted by Gasteiger charge is 2.01. The van der Waals surface area contributed by atoms with Gasteiger partial charge in [-0.2, -0.15) is 0 Å². The van der Waals surface area contributed by atoms with Gasteiger partial charge in [0.05, 0.1) is 12.8 Å². The molecule has 5 heteroatoms. The van der Waals surface area contributed by atoms with Crippen LogP contribution in [0.25, 0.3) is 11.3 Å². The molecule has 17 heavy (non-hydrogen) atoms. The fourth-order valence-corrected chi connectivity index (χ4v) is 1.41. The number of pyridine rings is 1. The van der Waals surface area contributed by atoms with Crippen molar-refractivity contribution in [1.29, 1.82) is 0 Å². The zero-order valence-electron chi connectivity index (χ0n) is 9.84. The lowest BCUT2D eigenvalue weighted by Gasteiger charge is -2.03. The molecule has 1 N–H and O–H groups in total. The molecule has 0 unspecified atom stereocenters. The number of rotatable bonds is 4. The van der Waals surface area contributed by atoms with Crippen LogP contribution in [0.3, 0.4) is 0 Å². The summed E-state index contributed by atoms with van der Waals surface area (Å²) in [4.78, 5) is 4.13. The van der Waals surface area contributed by atoms with Gasteiger partial charge in [-0.05, 0) is 25.1 Å². The van der Waals surface area contributed by atoms with Crippen LogP contribution in [-0.2, 0) is 0 Å². The topological polar surface area (TPSA) is 59.9 Å². The summed E-state index contributed by atoms with van der Waals surface area (Å²) in [6, 6.07) is 7.52. The predicted octanol–water partition coefficient (Wildman–Crippen LogP) is 1.98. The first-order chi connectivity index (χ1) is 8.33. The molecular formula is C12H14N4O. The first-order valence-corrected chi connectivity index (χ1v) is 5.41. The van der Waals surface area contributed by atoms with E-state index in [1.807, 2.05) is 25.1 Å². The Hall–Kier alpha value is -2.17. The van der Waals surface area contributed by atoms with Crippen molar-refractivity contribution in [3.05, 3.63) is 30.5 Å². The van der Waals surface area contributed by atoms with Gasteiger partial charge in [-0.15, -0.1) is 10.2 Å². The van der Waals surface area contributed by atoms with Crippen molar-refractivity contribution in [3.63, 3.8) is 0 Å². The Kier molecular flexibility index (Phi) is 3.49. The van der Waals surface area contributed by atoms with Crippen LogP contribution in [0.1, 0.15) is 6.92 Å². The molecule has 0 saturated heterocycles. The average molecular weight is 230 g/mol. The summed E-state index contributed by atoms with van der Waals surface area (Å²) in [6.45, 7) is 2.85. The molecule has 0 bridgehead atoms. The fourth-order valence-electron chi connectivity index (χ4n) is 1.41. The second kappa shape index (κ2) is 5.25. The van der Waals surface area contributed by atoms with E-state index in [0.717, 1.165) is 23.6 Å². The van der Waals surface area contributed by atoms with Crippen molar-refractivity contribution >= 4 is 5.82 Å². The van der Waals surface area contributed by atoms with Gasteiger partial charge in [0, 0.05) is 24.4 Å². The number of methoxy groups -OCH3 is 1. The van der Waals surface area contributed by atoms with Crippen LogP contribution in [0.4, 0.5) is 5.82 Å². The number of hydrogen-bond acceptors (Lipinski definition) is 5. The maximum atomic E-state index is 5.00. The van der Waals surface area contributed by atoms with E-state index >= 15 is 0 Å². The Balaban J connectivity index is 2.20. The van der Waals surface area contributed by atoms with Gasteiger partial charge in [0.2, 0.25) is 5.88 Å². The highest BCUT2D eigenvalue weighted by Crippen LogP contribution is 2.18. The van der Waals surface area contributed by atoms with E-state index in [4.69, 9.17) is 4.74 Å². The monoisotopic (exact) mass is 230 g/mol. The number of nitrogens with one attached hydrogen (secondary N) is 1. The highest BCUT2D eigenvalue weighted by atomic mass is 16.5. The first kappa shape index (κ1) is 11.3. The fraction of sp³-hybridized carbons (Fsp3) is 0.250. The van der Waals surface area contributed by atoms with Crippen molar-refractivity contribution in [2.24, 2.45) is 0 Å². The Morgan fingerprint density at radius 2 is 2.06 bits per heavy atom. The quantitative estimate of drug-likeness (QED) is 0.870. The van der Waals surface area contributed by atoms with Gasteiger partial charge in [-0.1, -0.05) is 0 Å². The average Bonchev–Trinajstić information content (AvgIpc) is 2.40. The molecule has 88 valence electrons. The van der Waals surface area contributed by atoms with Gasteiger partial charge in [-0.25, -0.2) is 4.98 Å². The Morgan fingerprint density at radius 1 is 1.18 bits per heavy atom. The third-order valence-corrected chi connectivity index (χ3v) is 2.26. The van der Waals surface area contributed by atoms with Crippen LogP contribution in [0.15, 0.2) is 30.5 Å². The molecule has 0 saturated carbocycles. The molecule has 0 aliphatic heterocycles. The van der Waals surface area contributed by atoms with Gasteiger partial charge in [0.1, 0.15) is 5.82 Å². The maximum Gasteiger partial charge on any atom is 0.212 e. The minimum Gasteiger partial charge on any atom is -0.481 e. The van der Waals surface area contributed by atoms with E-state index in [9.17, 15) is 0 Å². The number of nitrogens with zero attached hydrogens (tertiary/aromatic N) is 3. The Labute approximate surface area is 99.9 Å². The largest absolute Gasteiger partial charge is 0.481 e. The van der Waals surface area contributed by atoms with Crippen LogP contribution in [-0.4, -0.2) is 28.8 Å². The Bertz CT molecular complexity index is 467. The first-order valence-electron chi connectivity index (χ1n) is 5.41. The molecule has 0 aliphatic rings. The molecule has 0 spiro atoms. The van der Waals surface area contributed by atoms with Gasteiger partial charge < -0.3 is 10.1 Å². The zero-order valence-corrected chi connectivity index (χ0v) is 9.84. The minimum absolute atomic E-state index is 0.589. The molecule has 0 fully saturated rings. The standard InChI is InChI=1S/C12H14N4O/c1-3-13-11-6-5-10(15-16-11)9-4-7-12(17-2)14-8-9/h4-8H,3H2,1-2H3,(H,13,16). The molecule has 0 aliphatic carbocycles. The van der Waals surface area contributed by atoms with E-state index in [2.05, 4.69) is 20.5 Å². The number of anilines is 1. The molecule has 0 atom stereocenters. The molecule has 2 heterocycles. The summed E-state index contributed by atoms with van der Waals surface area (Å²) in [7, 11) is 1.59. The molecule has 0 aromatic carbocycles. The summed E-state index contributed by atoms with van der Waals surface area (Å²) >= 11 is 0. The Morgan fingerprint density at radius 3 is 2.59 bits per heavy atom. The van der Waals surface area contributed by atoms with Crippen molar-refractivity contribution in [3.8, 4) is 17.1 Å². The van der Waals surface area contributed by atoms with Crippen LogP contribution in [0, 0.1) is 0 Å². The van der Waals surface area contributed by atoms with Crippen molar-refractivity contribution in [1.82, 2.24) is 15.2 Å². The minimum atomic E-state index is 0.589. The molecule has 5 nitrogen and oxygen atoms in total. The summed E-state index contributed by atoms with van der Waals surface area (Å²) in [5.74, 6) is 1.36. The molecule has 2 aromatic rings. The normalized spacial score (nSPS) is 10.0. The summed E-state index contributed by atoms with van der Waals surface area (Å²) in [5, 5.41) is 11.3. The molecular weight excluding hydrogens is 216 g/mol. The maximum absolute atomic E-state index is 5.00. The second-order valence-corrected chi connectivity index (χ2v) is 3.42. The van der Waals surface area contributed by atoms with Crippen LogP contribution in [0.2, 0.25) is 0 Å². The van der Waals surface area contributed by atoms with Crippen LogP contribution < -0.4 is 10.1 Å². The van der Waals surface area contributed by atoms with Crippen LogP contribution in [0.5, 0.6) is 5.88 Å². The van der Waals surface area contributed by atoms with E-state index in [1.54, 1.807) is 19.4 Å². The van der Waals surface area contributed by atoms with Crippen molar-refractivity contribution in [2.75, 3.05) is 19.0 Å². The third kappa shape index (κ3) is 2.69. The smallest absolute Gasteiger partial charge is 0.212 e. The van der Waals surface area contributed by atoms with E-state index in [-0.39, 0.29) is 0 Å². The lowest BCUT2D eigenvalue weighted by Crippen LogP contribution is -2.00. The number of hydrogen-bond donors (Lipinski definition) is 1. The van der Waals surface area contributed by atoms with E-state index in [0.29, 0.717) is 5.88 Å². The summed E-state index contributed by atoms with van der Waals surface area (Å²) < 4.78 is 5.00. The van der Waals surface area contributed by atoms with Gasteiger partial charge in [-0.3, -0.25) is 0 Å². The summed E-state index contributed by atoms with van der Waals surface area (Å²) in [5.41, 5.74) is 1.71. The van der Waals surface area contributed by atoms with Gasteiger partial charge in [0.15, 0.2) is 0 Å². The lowest BCUT2D eigenvalue weighted by atomic mass is 10.2. The number of aromatic nitrogens is 3.